The Morgan fingerprint density at radius 2 is 1.75 bits per heavy atom. The van der Waals surface area contributed by atoms with Crippen molar-refractivity contribution in [1.29, 1.82) is 0 Å². The van der Waals surface area contributed by atoms with Crippen LogP contribution in [0.1, 0.15) is 15.2 Å². The summed E-state index contributed by atoms with van der Waals surface area (Å²) in [7, 11) is 0. The van der Waals surface area contributed by atoms with E-state index < -0.39 is 23.4 Å². The van der Waals surface area contributed by atoms with Crippen molar-refractivity contribution in [3.8, 4) is 11.3 Å². The van der Waals surface area contributed by atoms with E-state index in [0.29, 0.717) is 22.0 Å². The van der Waals surface area contributed by atoms with Gasteiger partial charge in [-0.25, -0.2) is 18.2 Å². The van der Waals surface area contributed by atoms with Gasteiger partial charge in [-0.3, -0.25) is 10.1 Å². The Morgan fingerprint density at radius 3 is 2.42 bits per heavy atom. The number of nitrogens with zero attached hydrogens (tertiary/aromatic N) is 1. The first-order chi connectivity index (χ1) is 11.4. The number of amides is 1. The number of aromatic nitrogens is 1. The molecule has 0 aliphatic rings. The highest BCUT2D eigenvalue weighted by Gasteiger charge is 2.14. The molecule has 2 aromatic carbocycles. The molecule has 0 bridgehead atoms. The first-order valence-electron chi connectivity index (χ1n) is 6.94. The van der Waals surface area contributed by atoms with E-state index in [2.05, 4.69) is 10.3 Å². The van der Waals surface area contributed by atoms with E-state index >= 15 is 0 Å². The average molecular weight is 348 g/mol. The molecular weight excluding hydrogens is 337 g/mol. The number of nitrogens with one attached hydrogen (secondary N) is 1. The van der Waals surface area contributed by atoms with Crippen LogP contribution >= 0.6 is 11.3 Å². The third-order valence-corrected chi connectivity index (χ3v) is 4.20. The second-order valence-corrected chi connectivity index (χ2v) is 6.22. The summed E-state index contributed by atoms with van der Waals surface area (Å²) in [5.74, 6) is -2.76. The van der Waals surface area contributed by atoms with Crippen molar-refractivity contribution in [3.63, 3.8) is 0 Å². The van der Waals surface area contributed by atoms with Gasteiger partial charge in [0, 0.05) is 16.0 Å². The number of anilines is 1. The molecule has 0 saturated heterocycles. The Kier molecular flexibility index (Phi) is 4.35. The van der Waals surface area contributed by atoms with Crippen LogP contribution in [0.15, 0.2) is 42.5 Å². The number of halogens is 3. The second-order valence-electron chi connectivity index (χ2n) is 5.01. The van der Waals surface area contributed by atoms with Crippen LogP contribution in [0.5, 0.6) is 0 Å². The maximum Gasteiger partial charge on any atom is 0.257 e. The fourth-order valence-electron chi connectivity index (χ4n) is 2.13. The number of rotatable bonds is 3. The fraction of sp³-hybridized carbons (Fsp3) is 0.0588. The van der Waals surface area contributed by atoms with Gasteiger partial charge in [-0.2, -0.15) is 0 Å². The molecule has 0 saturated carbocycles. The summed E-state index contributed by atoms with van der Waals surface area (Å²) < 4.78 is 39.3. The van der Waals surface area contributed by atoms with Crippen LogP contribution in [-0.4, -0.2) is 10.9 Å². The third-order valence-electron chi connectivity index (χ3n) is 3.32. The van der Waals surface area contributed by atoms with E-state index in [-0.39, 0.29) is 0 Å². The van der Waals surface area contributed by atoms with Crippen LogP contribution in [0.3, 0.4) is 0 Å². The molecule has 7 heteroatoms. The Morgan fingerprint density at radius 1 is 1.04 bits per heavy atom. The number of hydrogen-bond acceptors (Lipinski definition) is 3. The van der Waals surface area contributed by atoms with Gasteiger partial charge in [0.1, 0.15) is 5.82 Å². The monoisotopic (exact) mass is 348 g/mol. The van der Waals surface area contributed by atoms with Crippen molar-refractivity contribution in [2.45, 2.75) is 6.92 Å². The van der Waals surface area contributed by atoms with E-state index in [4.69, 9.17) is 0 Å². The van der Waals surface area contributed by atoms with Gasteiger partial charge in [0.2, 0.25) is 0 Å². The maximum atomic E-state index is 13.4. The van der Waals surface area contributed by atoms with E-state index in [0.717, 1.165) is 17.0 Å². The Balaban J connectivity index is 1.84. The minimum absolute atomic E-state index is 0.290. The molecule has 0 fully saturated rings. The zero-order valence-corrected chi connectivity index (χ0v) is 13.3. The topological polar surface area (TPSA) is 42.0 Å². The molecule has 0 aliphatic carbocycles. The smallest absolute Gasteiger partial charge is 0.257 e. The number of hydrogen-bond donors (Lipinski definition) is 1. The van der Waals surface area contributed by atoms with Gasteiger partial charge in [0.05, 0.1) is 5.69 Å². The molecule has 1 aromatic heterocycles. The highest BCUT2D eigenvalue weighted by atomic mass is 32.1. The summed E-state index contributed by atoms with van der Waals surface area (Å²) >= 11 is 1.21. The fourth-order valence-corrected chi connectivity index (χ4v) is 2.96. The zero-order valence-electron chi connectivity index (χ0n) is 12.4. The predicted molar refractivity (Wildman–Crippen MR) is 86.6 cm³/mol. The summed E-state index contributed by atoms with van der Waals surface area (Å²) in [4.78, 5) is 17.1. The molecule has 122 valence electrons. The quantitative estimate of drug-likeness (QED) is 0.739. The lowest BCUT2D eigenvalue weighted by Crippen LogP contribution is -2.11. The molecule has 0 spiro atoms. The molecule has 0 aliphatic heterocycles. The lowest BCUT2D eigenvalue weighted by atomic mass is 10.1. The second kappa shape index (κ2) is 6.45. The highest BCUT2D eigenvalue weighted by Crippen LogP contribution is 2.31. The molecule has 0 radical (unpaired) electrons. The van der Waals surface area contributed by atoms with Crippen molar-refractivity contribution in [3.05, 3.63) is 70.4 Å². The molecule has 1 amide bonds. The first kappa shape index (κ1) is 16.2. The van der Waals surface area contributed by atoms with Crippen molar-refractivity contribution in [1.82, 2.24) is 4.98 Å². The zero-order chi connectivity index (χ0) is 17.3. The summed E-state index contributed by atoms with van der Waals surface area (Å²) in [6.07, 6.45) is 0. The van der Waals surface area contributed by atoms with Crippen molar-refractivity contribution in [2.75, 3.05) is 5.32 Å². The average Bonchev–Trinajstić information content (AvgIpc) is 2.91. The molecule has 3 aromatic rings. The van der Waals surface area contributed by atoms with Crippen LogP contribution < -0.4 is 5.32 Å². The van der Waals surface area contributed by atoms with Crippen molar-refractivity contribution < 1.29 is 18.0 Å². The van der Waals surface area contributed by atoms with Crippen LogP contribution in [0.2, 0.25) is 0 Å². The van der Waals surface area contributed by atoms with Crippen molar-refractivity contribution in [2.24, 2.45) is 0 Å². The van der Waals surface area contributed by atoms with Crippen LogP contribution in [0.25, 0.3) is 11.3 Å². The molecule has 1 N–H and O–H groups in total. The van der Waals surface area contributed by atoms with Crippen molar-refractivity contribution >= 4 is 22.4 Å². The van der Waals surface area contributed by atoms with Crippen LogP contribution in [0.4, 0.5) is 18.3 Å². The maximum absolute atomic E-state index is 13.4. The Bertz CT molecular complexity index is 907. The predicted octanol–water partition coefficient (Wildman–Crippen LogP) is 4.79. The number of carbonyl (C=O) groups excluding carboxylic acids is 1. The molecule has 24 heavy (non-hydrogen) atoms. The number of thiazole rings is 1. The summed E-state index contributed by atoms with van der Waals surface area (Å²) in [6.45, 7) is 1.77. The number of aryl methyl sites for hydroxylation is 1. The van der Waals surface area contributed by atoms with Gasteiger partial charge >= 0.3 is 0 Å². The minimum Gasteiger partial charge on any atom is -0.298 e. The van der Waals surface area contributed by atoms with Crippen LogP contribution in [-0.2, 0) is 0 Å². The van der Waals surface area contributed by atoms with E-state index in [1.807, 2.05) is 0 Å². The van der Waals surface area contributed by atoms with E-state index in [1.54, 1.807) is 6.92 Å². The molecule has 3 nitrogen and oxygen atoms in total. The van der Waals surface area contributed by atoms with Gasteiger partial charge in [-0.15, -0.1) is 11.3 Å². The molecule has 1 heterocycles. The summed E-state index contributed by atoms with van der Waals surface area (Å²) in [6, 6.07) is 8.61. The number of carbonyl (C=O) groups is 1. The van der Waals surface area contributed by atoms with Gasteiger partial charge in [0.15, 0.2) is 16.8 Å². The summed E-state index contributed by atoms with van der Waals surface area (Å²) in [5, 5.41) is 2.93. The highest BCUT2D eigenvalue weighted by molar-refractivity contribution is 7.16. The Labute approximate surface area is 139 Å². The molecule has 0 unspecified atom stereocenters. The minimum atomic E-state index is -0.961. The lowest BCUT2D eigenvalue weighted by Gasteiger charge is -2.01. The van der Waals surface area contributed by atoms with Crippen LogP contribution in [0, 0.1) is 24.4 Å². The lowest BCUT2D eigenvalue weighted by molar-refractivity contribution is 0.102. The van der Waals surface area contributed by atoms with Gasteiger partial charge < -0.3 is 0 Å². The molecule has 3 rings (SSSR count). The van der Waals surface area contributed by atoms with Gasteiger partial charge in [-0.05, 0) is 49.4 Å². The van der Waals surface area contributed by atoms with E-state index in [1.165, 1.54) is 41.7 Å². The summed E-state index contributed by atoms with van der Waals surface area (Å²) in [5.41, 5.74) is 1.18. The third kappa shape index (κ3) is 3.30. The normalized spacial score (nSPS) is 10.7. The molecule has 0 atom stereocenters. The van der Waals surface area contributed by atoms with Gasteiger partial charge in [0.25, 0.3) is 5.91 Å². The first-order valence-corrected chi connectivity index (χ1v) is 7.75. The standard InChI is InChI=1S/C17H11F3N2OS/c1-9-15(11-4-7-13(19)14(20)8-11)21-17(24-9)22-16(23)10-2-5-12(18)6-3-10/h2-8H,1H3,(H,21,22,23). The van der Waals surface area contributed by atoms with E-state index in [9.17, 15) is 18.0 Å². The molecular formula is C17H11F3N2OS. The van der Waals surface area contributed by atoms with Gasteiger partial charge in [-0.1, -0.05) is 0 Å². The number of benzene rings is 2. The largest absolute Gasteiger partial charge is 0.298 e. The SMILES string of the molecule is Cc1sc(NC(=O)c2ccc(F)cc2)nc1-c1ccc(F)c(F)c1. The Hall–Kier alpha value is -2.67.